The van der Waals surface area contributed by atoms with E-state index in [4.69, 9.17) is 5.26 Å². The van der Waals surface area contributed by atoms with Gasteiger partial charge in [-0.3, -0.25) is 5.32 Å². The lowest BCUT2D eigenvalue weighted by Crippen LogP contribution is -2.19. The Labute approximate surface area is 102 Å². The van der Waals surface area contributed by atoms with Crippen LogP contribution in [-0.4, -0.2) is 0 Å². The summed E-state index contributed by atoms with van der Waals surface area (Å²) in [6.07, 6.45) is 0. The average molecular weight is 222 g/mol. The average Bonchev–Trinajstić information content (AvgIpc) is 2.42. The van der Waals surface area contributed by atoms with Crippen LogP contribution >= 0.6 is 0 Å². The molecule has 0 heterocycles. The van der Waals surface area contributed by atoms with Gasteiger partial charge in [-0.25, -0.2) is 0 Å². The fourth-order valence-corrected chi connectivity index (χ4v) is 1.70. The maximum atomic E-state index is 9.14. The summed E-state index contributed by atoms with van der Waals surface area (Å²) < 4.78 is 0. The second-order valence-electron chi connectivity index (χ2n) is 3.84. The van der Waals surface area contributed by atoms with Gasteiger partial charge < -0.3 is 0 Å². The number of benzene rings is 2. The van der Waals surface area contributed by atoms with Crippen molar-refractivity contribution in [3.63, 3.8) is 0 Å². The molecule has 0 aromatic heterocycles. The molecule has 0 aliphatic heterocycles. The predicted molar refractivity (Wildman–Crippen MR) is 68.1 cm³/mol. The first kappa shape index (κ1) is 11.4. The van der Waals surface area contributed by atoms with Gasteiger partial charge in [-0.15, -0.1) is 0 Å². The molecular weight excluding hydrogens is 208 g/mol. The van der Waals surface area contributed by atoms with Crippen molar-refractivity contribution in [2.24, 2.45) is 0 Å². The summed E-state index contributed by atoms with van der Waals surface area (Å²) in [6, 6.07) is 21.9. The maximum Gasteiger partial charge on any atom is 0.121 e. The van der Waals surface area contributed by atoms with E-state index in [2.05, 4.69) is 11.4 Å². The van der Waals surface area contributed by atoms with Crippen LogP contribution in [0.25, 0.3) is 0 Å². The van der Waals surface area contributed by atoms with E-state index in [1.807, 2.05) is 60.7 Å². The lowest BCUT2D eigenvalue weighted by molar-refractivity contribution is 0.630. The van der Waals surface area contributed by atoms with Crippen molar-refractivity contribution < 1.29 is 0 Å². The van der Waals surface area contributed by atoms with Crippen LogP contribution in [0.3, 0.4) is 0 Å². The SMILES string of the molecule is N#CC(NCc1ccccc1)c1ccccc1. The smallest absolute Gasteiger partial charge is 0.121 e. The highest BCUT2D eigenvalue weighted by molar-refractivity contribution is 5.24. The van der Waals surface area contributed by atoms with E-state index in [1.54, 1.807) is 0 Å². The molecular formula is C15H14N2. The van der Waals surface area contributed by atoms with E-state index >= 15 is 0 Å². The topological polar surface area (TPSA) is 35.8 Å². The molecule has 0 aliphatic carbocycles. The summed E-state index contributed by atoms with van der Waals surface area (Å²) >= 11 is 0. The van der Waals surface area contributed by atoms with E-state index in [9.17, 15) is 0 Å². The quantitative estimate of drug-likeness (QED) is 0.863. The number of hydrogen-bond acceptors (Lipinski definition) is 2. The van der Waals surface area contributed by atoms with Crippen molar-refractivity contribution in [3.8, 4) is 6.07 Å². The Hall–Kier alpha value is -2.11. The molecule has 0 aliphatic rings. The molecule has 2 nitrogen and oxygen atoms in total. The highest BCUT2D eigenvalue weighted by Crippen LogP contribution is 2.12. The molecule has 1 atom stereocenters. The summed E-state index contributed by atoms with van der Waals surface area (Å²) in [6.45, 7) is 0.702. The van der Waals surface area contributed by atoms with Gasteiger partial charge in [-0.1, -0.05) is 60.7 Å². The van der Waals surface area contributed by atoms with Crippen LogP contribution in [0.2, 0.25) is 0 Å². The zero-order valence-electron chi connectivity index (χ0n) is 9.51. The molecule has 0 saturated carbocycles. The van der Waals surface area contributed by atoms with Crippen LogP contribution in [0.1, 0.15) is 17.2 Å². The molecule has 0 fully saturated rings. The molecule has 17 heavy (non-hydrogen) atoms. The van der Waals surface area contributed by atoms with Crippen molar-refractivity contribution in [2.45, 2.75) is 12.6 Å². The minimum absolute atomic E-state index is 0.253. The van der Waals surface area contributed by atoms with Gasteiger partial charge in [0.2, 0.25) is 0 Å². The third kappa shape index (κ3) is 3.17. The van der Waals surface area contributed by atoms with Crippen molar-refractivity contribution >= 4 is 0 Å². The molecule has 2 aromatic rings. The first-order valence-electron chi connectivity index (χ1n) is 5.62. The third-order valence-electron chi connectivity index (χ3n) is 2.62. The van der Waals surface area contributed by atoms with Gasteiger partial charge in [-0.05, 0) is 11.1 Å². The molecule has 2 aromatic carbocycles. The first-order valence-corrected chi connectivity index (χ1v) is 5.62. The normalized spacial score (nSPS) is 11.7. The third-order valence-corrected chi connectivity index (χ3v) is 2.62. The molecule has 0 radical (unpaired) electrons. The minimum atomic E-state index is -0.253. The Morgan fingerprint density at radius 2 is 1.53 bits per heavy atom. The summed E-state index contributed by atoms with van der Waals surface area (Å²) in [5.41, 5.74) is 2.19. The van der Waals surface area contributed by atoms with Gasteiger partial charge in [-0.2, -0.15) is 5.26 Å². The van der Waals surface area contributed by atoms with Gasteiger partial charge in [0, 0.05) is 6.54 Å². The number of hydrogen-bond donors (Lipinski definition) is 1. The highest BCUT2D eigenvalue weighted by atomic mass is 14.9. The van der Waals surface area contributed by atoms with Crippen molar-refractivity contribution in [1.82, 2.24) is 5.32 Å². The van der Waals surface area contributed by atoms with Crippen molar-refractivity contribution in [3.05, 3.63) is 71.8 Å². The first-order chi connectivity index (χ1) is 8.40. The Bertz CT molecular complexity index is 485. The van der Waals surface area contributed by atoms with Crippen LogP contribution in [0, 0.1) is 11.3 Å². The van der Waals surface area contributed by atoms with E-state index in [1.165, 1.54) is 5.56 Å². The summed E-state index contributed by atoms with van der Waals surface area (Å²) in [5, 5.41) is 12.4. The number of nitrogens with zero attached hydrogens (tertiary/aromatic N) is 1. The van der Waals surface area contributed by atoms with Crippen LogP contribution < -0.4 is 5.32 Å². The van der Waals surface area contributed by atoms with Crippen LogP contribution in [0.4, 0.5) is 0 Å². The minimum Gasteiger partial charge on any atom is -0.294 e. The molecule has 2 heteroatoms. The molecule has 84 valence electrons. The van der Waals surface area contributed by atoms with Gasteiger partial charge in [0.05, 0.1) is 6.07 Å². The van der Waals surface area contributed by atoms with Gasteiger partial charge >= 0.3 is 0 Å². The second kappa shape index (κ2) is 5.83. The standard InChI is InChI=1S/C15H14N2/c16-11-15(14-9-5-2-6-10-14)17-12-13-7-3-1-4-8-13/h1-10,15,17H,12H2. The zero-order chi connectivity index (χ0) is 11.9. The second-order valence-corrected chi connectivity index (χ2v) is 3.84. The van der Waals surface area contributed by atoms with Crippen LogP contribution in [0.15, 0.2) is 60.7 Å². The zero-order valence-corrected chi connectivity index (χ0v) is 9.51. The molecule has 0 amide bonds. The molecule has 1 N–H and O–H groups in total. The Morgan fingerprint density at radius 1 is 0.941 bits per heavy atom. The lowest BCUT2D eigenvalue weighted by Gasteiger charge is -2.11. The summed E-state index contributed by atoms with van der Waals surface area (Å²) in [4.78, 5) is 0. The largest absolute Gasteiger partial charge is 0.294 e. The molecule has 2 rings (SSSR count). The summed E-state index contributed by atoms with van der Waals surface area (Å²) in [5.74, 6) is 0. The monoisotopic (exact) mass is 222 g/mol. The molecule has 1 unspecified atom stereocenters. The van der Waals surface area contributed by atoms with Crippen molar-refractivity contribution in [1.29, 1.82) is 5.26 Å². The lowest BCUT2D eigenvalue weighted by atomic mass is 10.1. The number of nitrogens with one attached hydrogen (secondary N) is 1. The fourth-order valence-electron chi connectivity index (χ4n) is 1.70. The molecule has 0 bridgehead atoms. The van der Waals surface area contributed by atoms with E-state index < -0.39 is 0 Å². The molecule has 0 spiro atoms. The van der Waals surface area contributed by atoms with Gasteiger partial charge in [0.1, 0.15) is 6.04 Å². The maximum absolute atomic E-state index is 9.14. The number of nitriles is 1. The molecule has 0 saturated heterocycles. The van der Waals surface area contributed by atoms with Crippen LogP contribution in [0.5, 0.6) is 0 Å². The van der Waals surface area contributed by atoms with Gasteiger partial charge in [0.15, 0.2) is 0 Å². The van der Waals surface area contributed by atoms with Gasteiger partial charge in [0.25, 0.3) is 0 Å². The Morgan fingerprint density at radius 3 is 2.12 bits per heavy atom. The van der Waals surface area contributed by atoms with Crippen LogP contribution in [-0.2, 0) is 6.54 Å². The van der Waals surface area contributed by atoms with E-state index in [0.717, 1.165) is 5.56 Å². The highest BCUT2D eigenvalue weighted by Gasteiger charge is 2.08. The fraction of sp³-hybridized carbons (Fsp3) is 0.133. The summed E-state index contributed by atoms with van der Waals surface area (Å²) in [7, 11) is 0. The Kier molecular flexibility index (Phi) is 3.90. The van der Waals surface area contributed by atoms with E-state index in [0.29, 0.717) is 6.54 Å². The Balaban J connectivity index is 2.01. The number of rotatable bonds is 4. The predicted octanol–water partition coefficient (Wildman–Crippen LogP) is 3.04. The van der Waals surface area contributed by atoms with E-state index in [-0.39, 0.29) is 6.04 Å². The van der Waals surface area contributed by atoms with Crippen molar-refractivity contribution in [2.75, 3.05) is 0 Å².